The number of carbonyl (C=O) groups is 1. The van der Waals surface area contributed by atoms with Gasteiger partial charge in [-0.15, -0.1) is 0 Å². The smallest absolute Gasteiger partial charge is 0.161 e. The molecule has 0 saturated heterocycles. The lowest BCUT2D eigenvalue weighted by Crippen LogP contribution is -2.42. The molecule has 5 rings (SSSR count). The lowest BCUT2D eigenvalue weighted by Gasteiger charge is -2.41. The zero-order valence-electron chi connectivity index (χ0n) is 19.5. The Morgan fingerprint density at radius 1 is 1.11 bits per heavy atom. The highest BCUT2D eigenvalue weighted by Gasteiger charge is 2.43. The molecule has 2 aliphatic rings. The van der Waals surface area contributed by atoms with E-state index in [0.717, 1.165) is 29.8 Å². The Bertz CT molecular complexity index is 1340. The van der Waals surface area contributed by atoms with Crippen molar-refractivity contribution in [3.63, 3.8) is 0 Å². The van der Waals surface area contributed by atoms with Crippen LogP contribution < -0.4 is 4.90 Å². The summed E-state index contributed by atoms with van der Waals surface area (Å²) in [5.74, 6) is -0.422. The van der Waals surface area contributed by atoms with Crippen LogP contribution in [0, 0.1) is 5.41 Å². The van der Waals surface area contributed by atoms with Gasteiger partial charge >= 0.3 is 0 Å². The number of amidine groups is 1. The van der Waals surface area contributed by atoms with Gasteiger partial charge < -0.3 is 5.11 Å². The van der Waals surface area contributed by atoms with E-state index in [1.165, 1.54) is 5.56 Å². The van der Waals surface area contributed by atoms with Gasteiger partial charge in [0.15, 0.2) is 5.78 Å². The number of nitrogens with zero attached hydrogens (tertiary/aromatic N) is 2. The number of aromatic nitrogens is 1. The summed E-state index contributed by atoms with van der Waals surface area (Å²) in [5.41, 5.74) is 5.16. The molecule has 6 heteroatoms. The predicted octanol–water partition coefficient (Wildman–Crippen LogP) is 6.85. The van der Waals surface area contributed by atoms with Crippen LogP contribution in [0.4, 0.5) is 5.69 Å². The third kappa shape index (κ3) is 4.17. The maximum absolute atomic E-state index is 13.4. The quantitative estimate of drug-likeness (QED) is 0.397. The van der Waals surface area contributed by atoms with E-state index in [1.807, 2.05) is 41.3 Å². The Kier molecular flexibility index (Phi) is 6.27. The lowest BCUT2D eigenvalue weighted by molar-refractivity contribution is -0.116. The van der Waals surface area contributed by atoms with Crippen molar-refractivity contribution in [1.29, 1.82) is 5.41 Å². The van der Waals surface area contributed by atoms with Crippen molar-refractivity contribution in [2.75, 3.05) is 4.90 Å². The first-order valence-electron chi connectivity index (χ1n) is 11.8. The van der Waals surface area contributed by atoms with Gasteiger partial charge in [0.25, 0.3) is 0 Å². The number of benzene rings is 2. The maximum atomic E-state index is 13.4. The Hall–Kier alpha value is -3.70. The number of hydrogen-bond acceptors (Lipinski definition) is 4. The number of aryl methyl sites for hydroxylation is 1. The fourth-order valence-corrected chi connectivity index (χ4v) is 5.13. The average molecular weight is 484 g/mol. The summed E-state index contributed by atoms with van der Waals surface area (Å²) in [5, 5.41) is 21.5. The molecule has 2 N–H and O–H groups in total. The van der Waals surface area contributed by atoms with Crippen molar-refractivity contribution in [1.82, 2.24) is 4.98 Å². The van der Waals surface area contributed by atoms with Crippen LogP contribution in [0.25, 0.3) is 5.76 Å². The molecule has 5 nitrogen and oxygen atoms in total. The molecule has 1 aliphatic heterocycles. The van der Waals surface area contributed by atoms with Crippen LogP contribution in [0.3, 0.4) is 0 Å². The summed E-state index contributed by atoms with van der Waals surface area (Å²) in [4.78, 5) is 19.6. The standard InChI is InChI=1S/C29H26ClN3O2/c1-2-18-8-14-22(15-9-18)33-23-6-3-7-24(34)26(23)25(20-5-4-16-32-17-20)27(29(33)31)28(35)19-10-12-21(30)13-11-19/h4-5,8-17,25,31,35H,2-3,6-7H2,1H3/b28-27+,31-29?. The second-order valence-corrected chi connectivity index (χ2v) is 9.27. The highest BCUT2D eigenvalue weighted by atomic mass is 35.5. The first kappa shape index (κ1) is 23.1. The maximum Gasteiger partial charge on any atom is 0.161 e. The van der Waals surface area contributed by atoms with E-state index in [0.29, 0.717) is 34.6 Å². The van der Waals surface area contributed by atoms with Crippen LogP contribution in [-0.4, -0.2) is 21.7 Å². The summed E-state index contributed by atoms with van der Waals surface area (Å²) in [6.07, 6.45) is 6.17. The number of aliphatic hydroxyl groups excluding tert-OH is 1. The van der Waals surface area contributed by atoms with Crippen molar-refractivity contribution >= 4 is 34.7 Å². The normalized spacial score (nSPS) is 19.6. The Balaban J connectivity index is 1.79. The first-order valence-corrected chi connectivity index (χ1v) is 12.2. The zero-order valence-corrected chi connectivity index (χ0v) is 20.2. The molecule has 0 radical (unpaired) electrons. The van der Waals surface area contributed by atoms with Crippen LogP contribution in [0.1, 0.15) is 48.8 Å². The van der Waals surface area contributed by atoms with E-state index in [9.17, 15) is 15.3 Å². The predicted molar refractivity (Wildman–Crippen MR) is 140 cm³/mol. The number of halogens is 1. The fraction of sp³-hybridized carbons (Fsp3) is 0.207. The molecule has 2 heterocycles. The number of rotatable bonds is 4. The van der Waals surface area contributed by atoms with Crippen LogP contribution in [-0.2, 0) is 11.2 Å². The van der Waals surface area contributed by atoms with E-state index < -0.39 is 5.92 Å². The molecular formula is C29H26ClN3O2. The van der Waals surface area contributed by atoms with Crippen LogP contribution in [0.5, 0.6) is 0 Å². The van der Waals surface area contributed by atoms with Crippen molar-refractivity contribution in [2.24, 2.45) is 0 Å². The molecule has 0 amide bonds. The average Bonchev–Trinajstić information content (AvgIpc) is 2.89. The van der Waals surface area contributed by atoms with Crippen LogP contribution in [0.15, 0.2) is 89.9 Å². The van der Waals surface area contributed by atoms with Gasteiger partial charge in [0, 0.05) is 57.8 Å². The first-order chi connectivity index (χ1) is 17.0. The Morgan fingerprint density at radius 3 is 2.51 bits per heavy atom. The monoisotopic (exact) mass is 483 g/mol. The SMILES string of the molecule is CCc1ccc(N2C(=N)/C(=C(/O)c3ccc(Cl)cc3)C(c3cccnc3)C3=C2CCCC3=O)cc1. The van der Waals surface area contributed by atoms with Gasteiger partial charge in [0.2, 0.25) is 0 Å². The number of ketones is 1. The summed E-state index contributed by atoms with van der Waals surface area (Å²) >= 11 is 6.08. The minimum atomic E-state index is -0.583. The third-order valence-electron chi connectivity index (χ3n) is 6.75. The minimum Gasteiger partial charge on any atom is -0.507 e. The topological polar surface area (TPSA) is 77.3 Å². The van der Waals surface area contributed by atoms with Crippen LogP contribution >= 0.6 is 11.6 Å². The number of hydrogen-bond donors (Lipinski definition) is 2. The van der Waals surface area contributed by atoms with Crippen molar-refractivity contribution in [2.45, 2.75) is 38.5 Å². The molecule has 1 atom stereocenters. The highest BCUT2D eigenvalue weighted by molar-refractivity contribution is 6.30. The molecule has 3 aromatic rings. The van der Waals surface area contributed by atoms with Crippen molar-refractivity contribution in [3.05, 3.63) is 112 Å². The van der Waals surface area contributed by atoms with Gasteiger partial charge in [-0.05, 0) is 72.9 Å². The number of allylic oxidation sites excluding steroid dienone is 2. The molecule has 1 aliphatic carbocycles. The van der Waals surface area contributed by atoms with E-state index in [-0.39, 0.29) is 17.4 Å². The van der Waals surface area contributed by atoms with Gasteiger partial charge in [-0.2, -0.15) is 0 Å². The van der Waals surface area contributed by atoms with Gasteiger partial charge in [-0.3, -0.25) is 20.1 Å². The fourth-order valence-electron chi connectivity index (χ4n) is 5.00. The highest BCUT2D eigenvalue weighted by Crippen LogP contribution is 2.47. The molecule has 35 heavy (non-hydrogen) atoms. The van der Waals surface area contributed by atoms with Crippen LogP contribution in [0.2, 0.25) is 5.02 Å². The number of aliphatic hydroxyl groups is 1. The third-order valence-corrected chi connectivity index (χ3v) is 7.00. The van der Waals surface area contributed by atoms with E-state index in [4.69, 9.17) is 11.6 Å². The molecular weight excluding hydrogens is 458 g/mol. The molecule has 176 valence electrons. The summed E-state index contributed by atoms with van der Waals surface area (Å²) in [6.45, 7) is 2.10. The molecule has 1 aromatic heterocycles. The number of nitrogens with one attached hydrogen (secondary N) is 1. The Labute approximate surface area is 209 Å². The molecule has 2 aromatic carbocycles. The number of pyridine rings is 1. The molecule has 0 spiro atoms. The molecule has 1 unspecified atom stereocenters. The molecule has 0 saturated carbocycles. The Morgan fingerprint density at radius 2 is 1.86 bits per heavy atom. The summed E-state index contributed by atoms with van der Waals surface area (Å²) in [7, 11) is 0. The second kappa shape index (κ2) is 9.51. The second-order valence-electron chi connectivity index (χ2n) is 8.83. The van der Waals surface area contributed by atoms with Gasteiger partial charge in [-0.1, -0.05) is 36.7 Å². The van der Waals surface area contributed by atoms with E-state index in [2.05, 4.69) is 11.9 Å². The van der Waals surface area contributed by atoms with E-state index in [1.54, 1.807) is 36.7 Å². The number of carbonyl (C=O) groups excluding carboxylic acids is 1. The van der Waals surface area contributed by atoms with Gasteiger partial charge in [-0.25, -0.2) is 0 Å². The van der Waals surface area contributed by atoms with Gasteiger partial charge in [0.05, 0.1) is 0 Å². The van der Waals surface area contributed by atoms with Crippen molar-refractivity contribution in [3.8, 4) is 0 Å². The lowest BCUT2D eigenvalue weighted by atomic mass is 9.73. The number of anilines is 1. The number of Topliss-reactive ketones (excluding diaryl/α,β-unsaturated/α-hetero) is 1. The zero-order chi connectivity index (χ0) is 24.5. The van der Waals surface area contributed by atoms with Crippen molar-refractivity contribution < 1.29 is 9.90 Å². The minimum absolute atomic E-state index is 0.0411. The summed E-state index contributed by atoms with van der Waals surface area (Å²) in [6, 6.07) is 18.6. The van der Waals surface area contributed by atoms with E-state index >= 15 is 0 Å². The molecule has 0 fully saturated rings. The van der Waals surface area contributed by atoms with Gasteiger partial charge in [0.1, 0.15) is 11.6 Å². The largest absolute Gasteiger partial charge is 0.507 e. The molecule has 0 bridgehead atoms. The summed E-state index contributed by atoms with van der Waals surface area (Å²) < 4.78 is 0.